The van der Waals surface area contributed by atoms with E-state index < -0.39 is 0 Å². The summed E-state index contributed by atoms with van der Waals surface area (Å²) in [7, 11) is 5.80. The number of hydroxylamine groups is 1. The van der Waals surface area contributed by atoms with Crippen LogP contribution in [0.3, 0.4) is 0 Å². The minimum absolute atomic E-state index is 0.0922. The number of likely N-dealkylation sites (N-methyl/N-ethyl adjacent to an activating group) is 1. The molecule has 1 amide bonds. The highest BCUT2D eigenvalue weighted by molar-refractivity contribution is 6.42. The summed E-state index contributed by atoms with van der Waals surface area (Å²) < 4.78 is 5.81. The van der Waals surface area contributed by atoms with E-state index in [9.17, 15) is 4.79 Å². The molecule has 13 heteroatoms. The van der Waals surface area contributed by atoms with Crippen LogP contribution in [-0.4, -0.2) is 92.8 Å². The first-order valence-corrected chi connectivity index (χ1v) is 15.2. The lowest BCUT2D eigenvalue weighted by atomic mass is 10.0. The first-order chi connectivity index (χ1) is 21.2. The smallest absolute Gasteiger partial charge is 0.247 e. The van der Waals surface area contributed by atoms with Crippen molar-refractivity contribution in [2.24, 2.45) is 0 Å². The number of piperazine rings is 1. The molecular formula is C31H38Cl2N8O3. The molecule has 44 heavy (non-hydrogen) atoms. The first-order valence-electron chi connectivity index (χ1n) is 14.5. The second-order valence-corrected chi connectivity index (χ2v) is 11.7. The molecule has 234 valence electrons. The highest BCUT2D eigenvalue weighted by atomic mass is 35.5. The lowest BCUT2D eigenvalue weighted by molar-refractivity contribution is -0.111. The number of carbonyl (C=O) groups excluding carboxylic acids is 1. The van der Waals surface area contributed by atoms with Gasteiger partial charge in [0.2, 0.25) is 5.91 Å². The average molecular weight is 642 g/mol. The maximum absolute atomic E-state index is 12.5. The normalized spacial score (nSPS) is 17.2. The van der Waals surface area contributed by atoms with Gasteiger partial charge in [0, 0.05) is 57.8 Å². The third-order valence-electron chi connectivity index (χ3n) is 7.71. The number of hydrogen-bond acceptors (Lipinski definition) is 10. The van der Waals surface area contributed by atoms with Crippen LogP contribution in [0.2, 0.25) is 10.0 Å². The highest BCUT2D eigenvalue weighted by Gasteiger charge is 2.30. The molecule has 1 aromatic heterocycles. The molecule has 0 radical (unpaired) electrons. The van der Waals surface area contributed by atoms with Gasteiger partial charge in [-0.2, -0.15) is 0 Å². The molecule has 0 bridgehead atoms. The van der Waals surface area contributed by atoms with E-state index >= 15 is 0 Å². The molecular weight excluding hydrogens is 603 g/mol. The van der Waals surface area contributed by atoms with E-state index in [0.717, 1.165) is 56.9 Å². The highest BCUT2D eigenvalue weighted by Crippen LogP contribution is 2.40. The maximum Gasteiger partial charge on any atom is 0.247 e. The number of carbonyl (C=O) groups is 1. The van der Waals surface area contributed by atoms with E-state index in [0.29, 0.717) is 45.4 Å². The molecule has 5 rings (SSSR count). The summed E-state index contributed by atoms with van der Waals surface area (Å²) in [5.41, 5.74) is 3.14. The molecule has 2 saturated heterocycles. The Labute approximate surface area is 268 Å². The topological polar surface area (TPSA) is 98.3 Å². The largest absolute Gasteiger partial charge is 0.494 e. The average Bonchev–Trinajstić information content (AvgIpc) is 3.52. The predicted octanol–water partition coefficient (Wildman–Crippen LogP) is 5.23. The molecule has 11 nitrogen and oxygen atoms in total. The van der Waals surface area contributed by atoms with Gasteiger partial charge in [-0.05, 0) is 43.9 Å². The van der Waals surface area contributed by atoms with E-state index in [1.54, 1.807) is 24.3 Å². The fourth-order valence-corrected chi connectivity index (χ4v) is 5.63. The van der Waals surface area contributed by atoms with Gasteiger partial charge >= 0.3 is 0 Å². The number of ether oxygens (including phenoxy) is 1. The van der Waals surface area contributed by atoms with Crippen LogP contribution < -0.4 is 25.3 Å². The van der Waals surface area contributed by atoms with Crippen LogP contribution in [0, 0.1) is 0 Å². The minimum atomic E-state index is -0.296. The summed E-state index contributed by atoms with van der Waals surface area (Å²) in [5, 5.41) is 9.08. The van der Waals surface area contributed by atoms with Gasteiger partial charge in [0.15, 0.2) is 5.82 Å². The molecule has 0 saturated carbocycles. The fourth-order valence-electron chi connectivity index (χ4n) is 5.33. The molecule has 0 aliphatic carbocycles. The van der Waals surface area contributed by atoms with Crippen LogP contribution >= 0.6 is 23.2 Å². The Kier molecular flexibility index (Phi) is 10.4. The molecule has 1 unspecified atom stereocenters. The van der Waals surface area contributed by atoms with Crippen molar-refractivity contribution in [1.82, 2.24) is 19.8 Å². The van der Waals surface area contributed by atoms with Gasteiger partial charge in [0.05, 0.1) is 46.9 Å². The molecule has 2 aromatic carbocycles. The number of aromatic nitrogens is 2. The Morgan fingerprint density at radius 1 is 1.11 bits per heavy atom. The van der Waals surface area contributed by atoms with Crippen LogP contribution in [-0.2, 0) is 9.63 Å². The molecule has 2 fully saturated rings. The summed E-state index contributed by atoms with van der Waals surface area (Å²) in [4.78, 5) is 34.2. The van der Waals surface area contributed by atoms with Gasteiger partial charge in [0.25, 0.3) is 0 Å². The lowest BCUT2D eigenvalue weighted by Gasteiger charge is -2.37. The molecule has 0 spiro atoms. The standard InChI is InChI=1S/C31H38Cl2N8O3/c1-5-31(42)37-24-17-25(28(43-4)18-27(24)40-13-11-39(12-14-40)10-9-38(2)3)36-29-19-30(35-20-34-29)41-26(8-15-44-41)21-6-7-22(32)23(33)16-21/h5-7,16-20,26H,1,8-15H2,2-4H3,(H,37,42)(H,34,35,36). The van der Waals surface area contributed by atoms with Gasteiger partial charge < -0.3 is 25.2 Å². The SMILES string of the molecule is C=CC(=O)Nc1cc(Nc2cc(N3OCCC3c3ccc(Cl)c(Cl)c3)ncn2)c(OC)cc1N1CCN(CCN(C)C)CC1. The molecule has 3 heterocycles. The van der Waals surface area contributed by atoms with E-state index in [2.05, 4.69) is 56.0 Å². The maximum atomic E-state index is 12.5. The predicted molar refractivity (Wildman–Crippen MR) is 177 cm³/mol. The quantitative estimate of drug-likeness (QED) is 0.271. The van der Waals surface area contributed by atoms with Gasteiger partial charge in [-0.25, -0.2) is 15.0 Å². The number of hydrogen-bond donors (Lipinski definition) is 2. The summed E-state index contributed by atoms with van der Waals surface area (Å²) >= 11 is 12.4. The van der Waals surface area contributed by atoms with Crippen molar-refractivity contribution in [3.63, 3.8) is 0 Å². The second-order valence-electron chi connectivity index (χ2n) is 10.9. The van der Waals surface area contributed by atoms with Crippen LogP contribution in [0.25, 0.3) is 0 Å². The van der Waals surface area contributed by atoms with E-state index in [1.165, 1.54) is 12.4 Å². The molecule has 2 N–H and O–H groups in total. The monoisotopic (exact) mass is 640 g/mol. The second kappa shape index (κ2) is 14.4. The molecule has 1 atom stereocenters. The Morgan fingerprint density at radius 2 is 1.91 bits per heavy atom. The van der Waals surface area contributed by atoms with Gasteiger partial charge in [-0.1, -0.05) is 35.8 Å². The summed E-state index contributed by atoms with van der Waals surface area (Å²) in [5.74, 6) is 1.42. The van der Waals surface area contributed by atoms with Crippen molar-refractivity contribution in [3.05, 3.63) is 71.0 Å². The van der Waals surface area contributed by atoms with Crippen LogP contribution in [0.4, 0.5) is 28.7 Å². The summed E-state index contributed by atoms with van der Waals surface area (Å²) in [6, 6.07) is 11.1. The van der Waals surface area contributed by atoms with E-state index in [1.807, 2.05) is 24.3 Å². The number of nitrogens with zero attached hydrogens (tertiary/aromatic N) is 6. The first kappa shape index (κ1) is 31.8. The van der Waals surface area contributed by atoms with Crippen molar-refractivity contribution < 1.29 is 14.4 Å². The number of nitrogens with one attached hydrogen (secondary N) is 2. The Bertz CT molecular complexity index is 1480. The minimum Gasteiger partial charge on any atom is -0.494 e. The number of halogens is 2. The summed E-state index contributed by atoms with van der Waals surface area (Å²) in [6.07, 6.45) is 3.50. The zero-order valence-corrected chi connectivity index (χ0v) is 26.7. The van der Waals surface area contributed by atoms with Gasteiger partial charge in [-0.3, -0.25) is 14.5 Å². The van der Waals surface area contributed by atoms with Crippen molar-refractivity contribution in [2.75, 3.05) is 87.7 Å². The Morgan fingerprint density at radius 3 is 2.61 bits per heavy atom. The Hall–Kier alpha value is -3.61. The van der Waals surface area contributed by atoms with Crippen molar-refractivity contribution in [1.29, 1.82) is 0 Å². The fraction of sp³-hybridized carbons (Fsp3) is 0.387. The number of benzene rings is 2. The van der Waals surface area contributed by atoms with Crippen molar-refractivity contribution >= 4 is 57.8 Å². The van der Waals surface area contributed by atoms with Crippen LogP contribution in [0.5, 0.6) is 5.75 Å². The molecule has 2 aliphatic heterocycles. The molecule has 3 aromatic rings. The van der Waals surface area contributed by atoms with Crippen molar-refractivity contribution in [2.45, 2.75) is 12.5 Å². The third kappa shape index (κ3) is 7.54. The lowest BCUT2D eigenvalue weighted by Crippen LogP contribution is -2.48. The summed E-state index contributed by atoms with van der Waals surface area (Å²) in [6.45, 7) is 9.69. The van der Waals surface area contributed by atoms with Gasteiger partial charge in [0.1, 0.15) is 17.9 Å². The molecule has 2 aliphatic rings. The number of methoxy groups -OCH3 is 1. The van der Waals surface area contributed by atoms with E-state index in [4.69, 9.17) is 32.8 Å². The van der Waals surface area contributed by atoms with Crippen LogP contribution in [0.15, 0.2) is 55.4 Å². The zero-order chi connectivity index (χ0) is 31.2. The Balaban J connectivity index is 1.38. The third-order valence-corrected chi connectivity index (χ3v) is 8.45. The van der Waals surface area contributed by atoms with Crippen molar-refractivity contribution in [3.8, 4) is 5.75 Å². The number of anilines is 5. The van der Waals surface area contributed by atoms with Gasteiger partial charge in [-0.15, -0.1) is 0 Å². The van der Waals surface area contributed by atoms with Crippen LogP contribution in [0.1, 0.15) is 18.0 Å². The van der Waals surface area contributed by atoms with E-state index in [-0.39, 0.29) is 11.9 Å². The zero-order valence-electron chi connectivity index (χ0n) is 25.2. The number of amides is 1. The number of rotatable bonds is 11.